The number of nitrogens with one attached hydrogen (secondary N) is 2. The van der Waals surface area contributed by atoms with Crippen LogP contribution in [0.5, 0.6) is 11.5 Å². The predicted molar refractivity (Wildman–Crippen MR) is 218 cm³/mol. The highest BCUT2D eigenvalue weighted by molar-refractivity contribution is 7.57. The van der Waals surface area contributed by atoms with Crippen molar-refractivity contribution in [2.45, 2.75) is 39.1 Å². The van der Waals surface area contributed by atoms with E-state index in [4.69, 9.17) is 19.0 Å². The summed E-state index contributed by atoms with van der Waals surface area (Å²) in [5.41, 5.74) is 3.52. The number of pyridine rings is 1. The van der Waals surface area contributed by atoms with Crippen LogP contribution in [0.15, 0.2) is 134 Å². The zero-order valence-corrected chi connectivity index (χ0v) is 32.9. The van der Waals surface area contributed by atoms with Crippen LogP contribution in [0.1, 0.15) is 62.9 Å². The molecule has 1 unspecified atom stereocenters. The molecule has 296 valence electrons. The van der Waals surface area contributed by atoms with Crippen LogP contribution < -0.4 is 19.7 Å². The third kappa shape index (κ3) is 8.94. The fraction of sp³-hybridized carbons (Fsp3) is 0.200. The van der Waals surface area contributed by atoms with Crippen LogP contribution in [0, 0.1) is 5.82 Å². The maximum Gasteiger partial charge on any atom is 0.323 e. The van der Waals surface area contributed by atoms with Crippen LogP contribution >= 0.6 is 7.52 Å². The van der Waals surface area contributed by atoms with Gasteiger partial charge in [-0.3, -0.25) is 23.9 Å². The van der Waals surface area contributed by atoms with Crippen molar-refractivity contribution < 1.29 is 37.3 Å². The molecule has 11 nitrogen and oxygen atoms in total. The fourth-order valence-corrected chi connectivity index (χ4v) is 8.80. The number of esters is 1. The number of carbonyl (C=O) groups is 3. The normalized spacial score (nSPS) is 13.8. The topological polar surface area (TPSA) is 136 Å². The molecule has 0 aliphatic carbocycles. The van der Waals surface area contributed by atoms with Gasteiger partial charge in [-0.05, 0) is 60.9 Å². The van der Waals surface area contributed by atoms with Crippen molar-refractivity contribution in [1.82, 2.24) is 20.3 Å². The summed E-state index contributed by atoms with van der Waals surface area (Å²) in [6.45, 7) is 3.41. The molecule has 0 spiro atoms. The Kier molecular flexibility index (Phi) is 12.3. The zero-order valence-electron chi connectivity index (χ0n) is 32.0. The Bertz CT molecular complexity index is 2420. The number of ether oxygens (including phenoxy) is 2. The van der Waals surface area contributed by atoms with Gasteiger partial charge < -0.3 is 24.2 Å². The number of para-hydroxylation sites is 1. The molecule has 2 atom stereocenters. The Morgan fingerprint density at radius 3 is 2.16 bits per heavy atom. The Labute approximate surface area is 335 Å². The smallest absolute Gasteiger partial charge is 0.323 e. The zero-order chi connectivity index (χ0) is 40.6. The van der Waals surface area contributed by atoms with Gasteiger partial charge in [-0.15, -0.1) is 0 Å². The van der Waals surface area contributed by atoms with E-state index in [0.29, 0.717) is 27.8 Å². The van der Waals surface area contributed by atoms with Gasteiger partial charge in [0.25, 0.3) is 11.8 Å². The summed E-state index contributed by atoms with van der Waals surface area (Å²) < 4.78 is 46.1. The summed E-state index contributed by atoms with van der Waals surface area (Å²) in [5.74, 6) is -1.38. The van der Waals surface area contributed by atoms with E-state index in [1.807, 2.05) is 60.7 Å². The van der Waals surface area contributed by atoms with Crippen LogP contribution in [0.4, 0.5) is 4.39 Å². The first-order valence-corrected chi connectivity index (χ1v) is 20.7. The Hall–Kier alpha value is -6.36. The van der Waals surface area contributed by atoms with Gasteiger partial charge in [0.2, 0.25) is 0 Å². The minimum absolute atomic E-state index is 0.0467. The van der Waals surface area contributed by atoms with E-state index in [2.05, 4.69) is 10.4 Å². The number of nitrogens with zero attached hydrogens (tertiary/aromatic N) is 2. The first-order valence-electron chi connectivity index (χ1n) is 18.9. The van der Waals surface area contributed by atoms with Gasteiger partial charge in [-0.25, -0.2) is 9.48 Å². The van der Waals surface area contributed by atoms with Crippen molar-refractivity contribution in [2.75, 3.05) is 19.3 Å². The molecule has 1 aromatic heterocycles. The molecule has 7 rings (SSSR count). The largest absolute Gasteiger partial charge is 0.478 e. The van der Waals surface area contributed by atoms with Crippen molar-refractivity contribution in [3.8, 4) is 11.5 Å². The summed E-state index contributed by atoms with van der Waals surface area (Å²) in [4.78, 5) is 47.9. The molecule has 2 heterocycles. The maximum absolute atomic E-state index is 14.6. The first-order chi connectivity index (χ1) is 28.1. The van der Waals surface area contributed by atoms with Crippen LogP contribution in [-0.2, 0) is 27.2 Å². The van der Waals surface area contributed by atoms with Crippen LogP contribution in [0.3, 0.4) is 0 Å². The van der Waals surface area contributed by atoms with E-state index in [1.54, 1.807) is 72.6 Å². The lowest BCUT2D eigenvalue weighted by atomic mass is 9.95. The second kappa shape index (κ2) is 17.8. The molecule has 6 aromatic rings. The van der Waals surface area contributed by atoms with Crippen LogP contribution in [0.25, 0.3) is 10.9 Å². The maximum atomic E-state index is 14.6. The Morgan fingerprint density at radius 1 is 0.879 bits per heavy atom. The molecular weight excluding hydrogens is 758 g/mol. The van der Waals surface area contributed by atoms with E-state index in [1.165, 1.54) is 19.1 Å². The molecule has 0 saturated heterocycles. The van der Waals surface area contributed by atoms with Crippen molar-refractivity contribution in [2.24, 2.45) is 0 Å². The van der Waals surface area contributed by atoms with Crippen LogP contribution in [-0.4, -0.2) is 53.0 Å². The summed E-state index contributed by atoms with van der Waals surface area (Å²) in [6, 6.07) is 36.2. The van der Waals surface area contributed by atoms with Crippen molar-refractivity contribution >= 4 is 36.2 Å². The Balaban J connectivity index is 1.26. The molecule has 5 aromatic carbocycles. The van der Waals surface area contributed by atoms with Crippen LogP contribution in [0.2, 0.25) is 0 Å². The fourth-order valence-electron chi connectivity index (χ4n) is 6.96. The minimum atomic E-state index is -3.82. The van der Waals surface area contributed by atoms with E-state index in [-0.39, 0.29) is 55.2 Å². The quantitative estimate of drug-likeness (QED) is 0.0733. The molecule has 58 heavy (non-hydrogen) atoms. The third-order valence-corrected chi connectivity index (χ3v) is 11.7. The van der Waals surface area contributed by atoms with Gasteiger partial charge in [-0.1, -0.05) is 97.1 Å². The molecule has 0 radical (unpaired) electrons. The number of benzene rings is 5. The molecule has 1 aliphatic heterocycles. The summed E-state index contributed by atoms with van der Waals surface area (Å²) in [5, 5.41) is 6.16. The van der Waals surface area contributed by atoms with Gasteiger partial charge >= 0.3 is 13.5 Å². The molecular formula is C45H42FN4O7P. The molecule has 13 heteroatoms. The number of fused-ring (bicyclic) bond motifs is 2. The highest BCUT2D eigenvalue weighted by atomic mass is 31.2. The lowest BCUT2D eigenvalue weighted by molar-refractivity contribution is -0.144. The molecule has 2 amide bonds. The number of halogens is 1. The SMILES string of the molecule is CCOC(=O)[C@H](C)NP(=O)(CCNC(=O)c1c2c(c(OC(c3ccccc3)c3ccccc3)c3ncccc13)C(=O)N(Cc1ccc(F)cc1)C2)Oc1ccccc1. The molecule has 1 aliphatic rings. The summed E-state index contributed by atoms with van der Waals surface area (Å²) >= 11 is 0. The average molecular weight is 801 g/mol. The molecule has 0 saturated carbocycles. The number of carbonyl (C=O) groups excluding carboxylic acids is 3. The van der Waals surface area contributed by atoms with E-state index in [9.17, 15) is 23.3 Å². The van der Waals surface area contributed by atoms with Crippen molar-refractivity contribution in [1.29, 1.82) is 0 Å². The predicted octanol–water partition coefficient (Wildman–Crippen LogP) is 8.24. The lowest BCUT2D eigenvalue weighted by Crippen LogP contribution is -2.37. The van der Waals surface area contributed by atoms with Gasteiger partial charge in [0.05, 0.1) is 23.9 Å². The van der Waals surface area contributed by atoms with E-state index < -0.39 is 37.4 Å². The van der Waals surface area contributed by atoms with Crippen molar-refractivity contribution in [3.63, 3.8) is 0 Å². The average Bonchev–Trinajstić information content (AvgIpc) is 3.55. The monoisotopic (exact) mass is 800 g/mol. The molecule has 2 N–H and O–H groups in total. The highest BCUT2D eigenvalue weighted by Gasteiger charge is 2.39. The summed E-state index contributed by atoms with van der Waals surface area (Å²) in [7, 11) is -3.82. The minimum Gasteiger partial charge on any atom is -0.478 e. The van der Waals surface area contributed by atoms with E-state index >= 15 is 0 Å². The number of rotatable bonds is 16. The van der Waals surface area contributed by atoms with Gasteiger partial charge in [-0.2, -0.15) is 0 Å². The third-order valence-electron chi connectivity index (χ3n) is 9.65. The number of aromatic nitrogens is 1. The Morgan fingerprint density at radius 2 is 1.52 bits per heavy atom. The lowest BCUT2D eigenvalue weighted by Gasteiger charge is -2.24. The van der Waals surface area contributed by atoms with E-state index in [0.717, 1.165) is 11.1 Å². The number of amides is 2. The summed E-state index contributed by atoms with van der Waals surface area (Å²) in [6.07, 6.45) is 0.744. The standard InChI is InChI=1S/C45H42FN4O7P/c1-3-55-45(53)30(2)49-58(54,57-35-18-11-6-12-19-35)27-26-48-43(51)38-36-20-13-25-47-40(36)42(56-41(32-14-7-4-8-15-32)33-16-9-5-10-17-33)39-37(38)29-50(44(39)52)28-31-21-23-34(46)24-22-31/h4-25,30,41H,3,26-29H2,1-2H3,(H,48,51)(H,49,54)/t30-,58?/m0/s1. The first kappa shape index (κ1) is 39.9. The van der Waals surface area contributed by atoms with Crippen molar-refractivity contribution in [3.05, 3.63) is 173 Å². The number of hydrogen-bond donors (Lipinski definition) is 2. The number of hydrogen-bond acceptors (Lipinski definition) is 8. The van der Waals surface area contributed by atoms with Gasteiger partial charge in [0, 0.05) is 36.8 Å². The second-order valence-corrected chi connectivity index (χ2v) is 16.0. The van der Waals surface area contributed by atoms with Gasteiger partial charge in [0.1, 0.15) is 29.2 Å². The second-order valence-electron chi connectivity index (χ2n) is 13.7. The highest BCUT2D eigenvalue weighted by Crippen LogP contribution is 2.45. The molecule has 0 bridgehead atoms. The van der Waals surface area contributed by atoms with Gasteiger partial charge in [0.15, 0.2) is 5.75 Å². The molecule has 0 fully saturated rings.